The molecule has 2 fully saturated rings. The van der Waals surface area contributed by atoms with Gasteiger partial charge in [-0.15, -0.1) is 0 Å². The average Bonchev–Trinajstić information content (AvgIpc) is 3.42. The number of halogens is 2. The second-order valence-electron chi connectivity index (χ2n) is 6.89. The molecule has 0 radical (unpaired) electrons. The molecular formula is C20H24F2N4O2. The van der Waals surface area contributed by atoms with Crippen LogP contribution >= 0.6 is 0 Å². The van der Waals surface area contributed by atoms with Gasteiger partial charge in [-0.3, -0.25) is 4.79 Å². The monoisotopic (exact) mass is 390 g/mol. The molecule has 0 atom stereocenters. The molecule has 0 bridgehead atoms. The molecule has 4 heterocycles. The maximum atomic E-state index is 13.5. The van der Waals surface area contributed by atoms with Crippen molar-refractivity contribution in [2.45, 2.75) is 32.3 Å². The van der Waals surface area contributed by atoms with Gasteiger partial charge in [0.25, 0.3) is 0 Å². The van der Waals surface area contributed by atoms with Crippen LogP contribution in [0.3, 0.4) is 0 Å². The lowest BCUT2D eigenvalue weighted by molar-refractivity contribution is 0.112. The Hall–Kier alpha value is -2.61. The number of aliphatic hydroxyl groups excluding tert-OH is 1. The Balaban J connectivity index is 0.000000161. The molecule has 28 heavy (non-hydrogen) atoms. The molecule has 2 aliphatic rings. The molecule has 0 unspecified atom stereocenters. The smallest absolute Gasteiger partial charge is 0.166 e. The molecule has 0 amide bonds. The lowest BCUT2D eigenvalue weighted by Crippen LogP contribution is -2.20. The van der Waals surface area contributed by atoms with Crippen molar-refractivity contribution in [3.05, 3.63) is 47.3 Å². The van der Waals surface area contributed by atoms with Crippen molar-refractivity contribution in [2.24, 2.45) is 0 Å². The zero-order valence-electron chi connectivity index (χ0n) is 15.7. The minimum atomic E-state index is -0.406. The number of aromatic nitrogens is 2. The summed E-state index contributed by atoms with van der Waals surface area (Å²) in [5.41, 5.74) is 0.802. The van der Waals surface area contributed by atoms with Crippen LogP contribution in [-0.2, 0) is 6.61 Å². The lowest BCUT2D eigenvalue weighted by atomic mass is 10.3. The van der Waals surface area contributed by atoms with Crippen LogP contribution in [0.25, 0.3) is 0 Å². The normalized spacial score (nSPS) is 16.1. The van der Waals surface area contributed by atoms with E-state index in [2.05, 4.69) is 9.97 Å². The molecule has 2 aliphatic heterocycles. The zero-order chi connectivity index (χ0) is 19.9. The first-order chi connectivity index (χ1) is 13.6. The molecule has 2 aromatic heterocycles. The number of aliphatic hydroxyl groups is 1. The first-order valence-electron chi connectivity index (χ1n) is 9.48. The Morgan fingerprint density at radius 2 is 1.39 bits per heavy atom. The number of pyridine rings is 2. The van der Waals surface area contributed by atoms with Crippen LogP contribution in [0.2, 0.25) is 0 Å². The summed E-state index contributed by atoms with van der Waals surface area (Å²) in [4.78, 5) is 22.2. The molecule has 0 aliphatic carbocycles. The van der Waals surface area contributed by atoms with E-state index in [9.17, 15) is 13.6 Å². The third kappa shape index (κ3) is 4.81. The molecule has 2 aromatic rings. The molecule has 0 spiro atoms. The predicted octanol–water partition coefficient (Wildman–Crippen LogP) is 2.95. The number of hydrogen-bond donors (Lipinski definition) is 1. The van der Waals surface area contributed by atoms with E-state index < -0.39 is 5.82 Å². The van der Waals surface area contributed by atoms with E-state index in [0.717, 1.165) is 51.9 Å². The molecule has 2 saturated heterocycles. The Morgan fingerprint density at radius 1 is 0.893 bits per heavy atom. The van der Waals surface area contributed by atoms with Crippen LogP contribution in [0.15, 0.2) is 24.5 Å². The third-order valence-electron chi connectivity index (χ3n) is 4.85. The van der Waals surface area contributed by atoms with E-state index in [1.54, 1.807) is 0 Å². The Morgan fingerprint density at radius 3 is 1.82 bits per heavy atom. The van der Waals surface area contributed by atoms with Crippen LogP contribution in [0, 0.1) is 11.6 Å². The van der Waals surface area contributed by atoms with E-state index in [1.165, 1.54) is 24.5 Å². The highest BCUT2D eigenvalue weighted by Gasteiger charge is 2.18. The van der Waals surface area contributed by atoms with Gasteiger partial charge in [0.05, 0.1) is 6.61 Å². The number of anilines is 2. The van der Waals surface area contributed by atoms with E-state index in [4.69, 9.17) is 5.11 Å². The largest absolute Gasteiger partial charge is 0.392 e. The zero-order valence-corrected chi connectivity index (χ0v) is 15.7. The summed E-state index contributed by atoms with van der Waals surface area (Å²) in [6, 6.07) is 2.58. The molecular weight excluding hydrogens is 366 g/mol. The summed E-state index contributed by atoms with van der Waals surface area (Å²) in [6.45, 7) is 3.30. The standard InChI is InChI=1S/C10H13FN2O.C10H11FN2O/c2*11-9-5-8(7-14)6-12-10(9)13-3-1-2-4-13/h5-6,14H,1-4,7H2;5-7H,1-4H2. The first-order valence-corrected chi connectivity index (χ1v) is 9.48. The number of nitrogens with zero attached hydrogens (tertiary/aromatic N) is 4. The van der Waals surface area contributed by atoms with Crippen molar-refractivity contribution in [1.82, 2.24) is 9.97 Å². The average molecular weight is 390 g/mol. The first kappa shape index (κ1) is 20.1. The van der Waals surface area contributed by atoms with E-state index in [0.29, 0.717) is 23.5 Å². The maximum absolute atomic E-state index is 13.5. The fraction of sp³-hybridized carbons (Fsp3) is 0.450. The quantitative estimate of drug-likeness (QED) is 0.810. The Kier molecular flexibility index (Phi) is 6.86. The lowest BCUT2D eigenvalue weighted by Gasteiger charge is -2.16. The number of rotatable bonds is 4. The minimum Gasteiger partial charge on any atom is -0.392 e. The Labute approximate surface area is 162 Å². The summed E-state index contributed by atoms with van der Waals surface area (Å²) >= 11 is 0. The van der Waals surface area contributed by atoms with Crippen LogP contribution in [0.4, 0.5) is 20.4 Å². The highest BCUT2D eigenvalue weighted by molar-refractivity contribution is 5.74. The van der Waals surface area contributed by atoms with Crippen LogP contribution in [-0.4, -0.2) is 47.5 Å². The van der Waals surface area contributed by atoms with Crippen molar-refractivity contribution in [1.29, 1.82) is 0 Å². The summed E-state index contributed by atoms with van der Waals surface area (Å²) in [7, 11) is 0. The van der Waals surface area contributed by atoms with E-state index in [-0.39, 0.29) is 18.0 Å². The van der Waals surface area contributed by atoms with Crippen molar-refractivity contribution in [3.63, 3.8) is 0 Å². The van der Waals surface area contributed by atoms with Gasteiger partial charge in [-0.1, -0.05) is 0 Å². The van der Waals surface area contributed by atoms with Gasteiger partial charge in [-0.2, -0.15) is 0 Å². The second-order valence-corrected chi connectivity index (χ2v) is 6.89. The van der Waals surface area contributed by atoms with Crippen molar-refractivity contribution in [3.8, 4) is 0 Å². The van der Waals surface area contributed by atoms with Crippen LogP contribution < -0.4 is 9.80 Å². The minimum absolute atomic E-state index is 0.163. The van der Waals surface area contributed by atoms with E-state index >= 15 is 0 Å². The topological polar surface area (TPSA) is 69.6 Å². The molecule has 8 heteroatoms. The van der Waals surface area contributed by atoms with E-state index in [1.807, 2.05) is 9.80 Å². The third-order valence-corrected chi connectivity index (χ3v) is 4.85. The molecule has 0 saturated carbocycles. The molecule has 150 valence electrons. The SMILES string of the molecule is O=Cc1cnc(N2CCCC2)c(F)c1.OCc1cnc(N2CCCC2)c(F)c1. The Bertz CT molecular complexity index is 807. The fourth-order valence-electron chi connectivity index (χ4n) is 3.39. The van der Waals surface area contributed by atoms with Gasteiger partial charge in [0.1, 0.15) is 0 Å². The van der Waals surface area contributed by atoms with Crippen LogP contribution in [0.1, 0.15) is 41.6 Å². The van der Waals surface area contributed by atoms with Crippen LogP contribution in [0.5, 0.6) is 0 Å². The summed E-state index contributed by atoms with van der Waals surface area (Å²) in [6.07, 6.45) is 7.89. The highest BCUT2D eigenvalue weighted by Crippen LogP contribution is 2.22. The van der Waals surface area contributed by atoms with Gasteiger partial charge in [0.15, 0.2) is 29.6 Å². The van der Waals surface area contributed by atoms with Gasteiger partial charge >= 0.3 is 0 Å². The number of carbonyl (C=O) groups excluding carboxylic acids is 1. The molecule has 6 nitrogen and oxygen atoms in total. The van der Waals surface area contributed by atoms with Crippen molar-refractivity contribution in [2.75, 3.05) is 36.0 Å². The molecule has 0 aromatic carbocycles. The fourth-order valence-corrected chi connectivity index (χ4v) is 3.39. The van der Waals surface area contributed by atoms with Gasteiger partial charge in [0.2, 0.25) is 0 Å². The maximum Gasteiger partial charge on any atom is 0.166 e. The molecule has 1 N–H and O–H groups in total. The molecule has 4 rings (SSSR count). The van der Waals surface area contributed by atoms with Gasteiger partial charge in [-0.05, 0) is 43.4 Å². The van der Waals surface area contributed by atoms with Crippen molar-refractivity contribution >= 4 is 17.9 Å². The van der Waals surface area contributed by atoms with Gasteiger partial charge < -0.3 is 14.9 Å². The summed E-state index contributed by atoms with van der Waals surface area (Å²) in [5, 5.41) is 8.80. The summed E-state index contributed by atoms with van der Waals surface area (Å²) < 4.78 is 26.9. The number of aldehydes is 1. The summed E-state index contributed by atoms with van der Waals surface area (Å²) in [5.74, 6) is 0.0442. The second kappa shape index (κ2) is 9.54. The highest BCUT2D eigenvalue weighted by atomic mass is 19.1. The van der Waals surface area contributed by atoms with Crippen molar-refractivity contribution < 1.29 is 18.7 Å². The van der Waals surface area contributed by atoms with Gasteiger partial charge in [0, 0.05) is 44.1 Å². The number of carbonyl (C=O) groups is 1. The van der Waals surface area contributed by atoms with Gasteiger partial charge in [-0.25, -0.2) is 18.7 Å². The number of hydrogen-bond acceptors (Lipinski definition) is 6. The predicted molar refractivity (Wildman–Crippen MR) is 103 cm³/mol.